The molecular formula is C9H2F5NO. The summed E-state index contributed by atoms with van der Waals surface area (Å²) in [5.74, 6) is -10.7. The van der Waals surface area contributed by atoms with Gasteiger partial charge >= 0.3 is 0 Å². The summed E-state index contributed by atoms with van der Waals surface area (Å²) in [7, 11) is 0. The van der Waals surface area contributed by atoms with Crippen molar-refractivity contribution in [1.29, 1.82) is 0 Å². The minimum absolute atomic E-state index is 0.534. The first-order valence-corrected chi connectivity index (χ1v) is 3.94. The first-order valence-electron chi connectivity index (χ1n) is 3.94. The van der Waals surface area contributed by atoms with E-state index in [-0.39, 0.29) is 0 Å². The van der Waals surface area contributed by atoms with Gasteiger partial charge in [0.2, 0.25) is 5.82 Å². The molecule has 7 heteroatoms. The minimum atomic E-state index is -2.21. The highest BCUT2D eigenvalue weighted by molar-refractivity contribution is 5.58. The number of benzene rings is 1. The Balaban J connectivity index is 2.81. The molecule has 0 amide bonds. The number of aromatic nitrogens is 1. The Morgan fingerprint density at radius 3 is 1.75 bits per heavy atom. The van der Waals surface area contributed by atoms with E-state index in [1.54, 1.807) is 0 Å². The summed E-state index contributed by atoms with van der Waals surface area (Å²) in [5.41, 5.74) is -1.13. The Hall–Kier alpha value is -1.92. The normalized spacial score (nSPS) is 10.8. The molecule has 0 unspecified atom stereocenters. The highest BCUT2D eigenvalue weighted by Gasteiger charge is 2.27. The molecule has 0 saturated carbocycles. The van der Waals surface area contributed by atoms with Gasteiger partial charge in [0.25, 0.3) is 0 Å². The van der Waals surface area contributed by atoms with Gasteiger partial charge in [-0.05, 0) is 0 Å². The number of rotatable bonds is 1. The molecule has 1 heterocycles. The van der Waals surface area contributed by atoms with Crippen LogP contribution in [0.2, 0.25) is 0 Å². The Kier molecular flexibility index (Phi) is 2.37. The summed E-state index contributed by atoms with van der Waals surface area (Å²) >= 11 is 0. The molecule has 0 aliphatic heterocycles. The van der Waals surface area contributed by atoms with E-state index < -0.39 is 40.4 Å². The Bertz CT molecular complexity index is 508. The molecule has 1 aromatic carbocycles. The smallest absolute Gasteiger partial charge is 0.200 e. The number of halogens is 5. The highest BCUT2D eigenvalue weighted by Crippen LogP contribution is 2.30. The predicted molar refractivity (Wildman–Crippen MR) is 41.7 cm³/mol. The summed E-state index contributed by atoms with van der Waals surface area (Å²) in [5, 5.41) is 0. The molecule has 0 saturated heterocycles. The van der Waals surface area contributed by atoms with Gasteiger partial charge in [-0.2, -0.15) is 0 Å². The monoisotopic (exact) mass is 235 g/mol. The minimum Gasteiger partial charge on any atom is -0.443 e. The van der Waals surface area contributed by atoms with E-state index in [1.807, 2.05) is 0 Å². The van der Waals surface area contributed by atoms with Gasteiger partial charge in [0.15, 0.2) is 35.4 Å². The Labute approximate surface area is 85.3 Å². The molecule has 0 spiro atoms. The second kappa shape index (κ2) is 3.58. The van der Waals surface area contributed by atoms with Crippen molar-refractivity contribution in [2.45, 2.75) is 0 Å². The molecule has 2 rings (SSSR count). The maximum Gasteiger partial charge on any atom is 0.200 e. The quantitative estimate of drug-likeness (QED) is 0.431. The van der Waals surface area contributed by atoms with Crippen LogP contribution in [0.3, 0.4) is 0 Å². The molecule has 0 radical (unpaired) electrons. The summed E-state index contributed by atoms with van der Waals surface area (Å²) < 4.78 is 69.0. The van der Waals surface area contributed by atoms with Crippen LogP contribution in [0.1, 0.15) is 0 Å². The number of oxazole rings is 1. The molecular weight excluding hydrogens is 233 g/mol. The van der Waals surface area contributed by atoms with E-state index >= 15 is 0 Å². The Morgan fingerprint density at radius 2 is 1.31 bits per heavy atom. The second-order valence-corrected chi connectivity index (χ2v) is 2.81. The van der Waals surface area contributed by atoms with Crippen molar-refractivity contribution in [3.8, 4) is 11.3 Å². The third kappa shape index (κ3) is 1.36. The van der Waals surface area contributed by atoms with Gasteiger partial charge in [-0.1, -0.05) is 0 Å². The first-order chi connectivity index (χ1) is 7.54. The molecule has 0 fully saturated rings. The molecule has 0 aliphatic rings. The van der Waals surface area contributed by atoms with Crippen LogP contribution < -0.4 is 0 Å². The zero-order valence-electron chi connectivity index (χ0n) is 7.40. The van der Waals surface area contributed by atoms with Crippen molar-refractivity contribution in [2.24, 2.45) is 0 Å². The molecule has 84 valence electrons. The molecule has 0 N–H and O–H groups in total. The standard InChI is InChI=1S/C9H2F5NO/c10-5-4(3-1-15-2-16-3)6(11)8(13)9(14)7(5)12/h1-2H. The lowest BCUT2D eigenvalue weighted by Gasteiger charge is -2.04. The molecule has 2 aromatic rings. The zero-order valence-corrected chi connectivity index (χ0v) is 7.40. The van der Waals surface area contributed by atoms with Crippen molar-refractivity contribution < 1.29 is 26.4 Å². The van der Waals surface area contributed by atoms with Crippen LogP contribution >= 0.6 is 0 Å². The van der Waals surface area contributed by atoms with Crippen LogP contribution in [0.4, 0.5) is 22.0 Å². The van der Waals surface area contributed by atoms with E-state index in [2.05, 4.69) is 9.40 Å². The van der Waals surface area contributed by atoms with Crippen molar-refractivity contribution in [2.75, 3.05) is 0 Å². The van der Waals surface area contributed by atoms with Gasteiger partial charge in [-0.25, -0.2) is 26.9 Å². The number of hydrogen-bond donors (Lipinski definition) is 0. The Morgan fingerprint density at radius 1 is 0.812 bits per heavy atom. The summed E-state index contributed by atoms with van der Waals surface area (Å²) in [6.07, 6.45) is 1.66. The van der Waals surface area contributed by atoms with E-state index in [9.17, 15) is 22.0 Å². The van der Waals surface area contributed by atoms with E-state index in [0.29, 0.717) is 0 Å². The molecule has 1 aromatic heterocycles. The lowest BCUT2D eigenvalue weighted by molar-refractivity contribution is 0.379. The lowest BCUT2D eigenvalue weighted by Crippen LogP contribution is -2.03. The SMILES string of the molecule is Fc1c(F)c(F)c(-c2cnco2)c(F)c1F. The first kappa shape index (κ1) is 10.6. The fourth-order valence-corrected chi connectivity index (χ4v) is 1.16. The van der Waals surface area contributed by atoms with Gasteiger partial charge in [-0.15, -0.1) is 0 Å². The van der Waals surface area contributed by atoms with Crippen molar-refractivity contribution in [3.05, 3.63) is 41.7 Å². The van der Waals surface area contributed by atoms with Gasteiger partial charge < -0.3 is 4.42 Å². The van der Waals surface area contributed by atoms with Crippen LogP contribution in [-0.2, 0) is 0 Å². The predicted octanol–water partition coefficient (Wildman–Crippen LogP) is 3.04. The molecule has 16 heavy (non-hydrogen) atoms. The number of hydrogen-bond acceptors (Lipinski definition) is 2. The van der Waals surface area contributed by atoms with Crippen LogP contribution in [-0.4, -0.2) is 4.98 Å². The van der Waals surface area contributed by atoms with Crippen LogP contribution in [0, 0.1) is 29.1 Å². The average Bonchev–Trinajstić information content (AvgIpc) is 2.77. The van der Waals surface area contributed by atoms with E-state index in [1.165, 1.54) is 0 Å². The zero-order chi connectivity index (χ0) is 11.9. The fourth-order valence-electron chi connectivity index (χ4n) is 1.16. The largest absolute Gasteiger partial charge is 0.443 e. The summed E-state index contributed by atoms with van der Waals surface area (Å²) in [4.78, 5) is 3.32. The van der Waals surface area contributed by atoms with Crippen molar-refractivity contribution in [1.82, 2.24) is 4.98 Å². The topological polar surface area (TPSA) is 26.0 Å². The molecule has 0 atom stereocenters. The van der Waals surface area contributed by atoms with Crippen LogP contribution in [0.25, 0.3) is 11.3 Å². The van der Waals surface area contributed by atoms with Gasteiger partial charge in [0.1, 0.15) is 0 Å². The van der Waals surface area contributed by atoms with Gasteiger partial charge in [0.05, 0.1) is 11.8 Å². The van der Waals surface area contributed by atoms with Crippen molar-refractivity contribution in [3.63, 3.8) is 0 Å². The fraction of sp³-hybridized carbons (Fsp3) is 0. The van der Waals surface area contributed by atoms with Crippen LogP contribution in [0.5, 0.6) is 0 Å². The van der Waals surface area contributed by atoms with E-state index in [0.717, 1.165) is 12.6 Å². The van der Waals surface area contributed by atoms with Gasteiger partial charge in [-0.3, -0.25) is 0 Å². The second-order valence-electron chi connectivity index (χ2n) is 2.81. The molecule has 0 aliphatic carbocycles. The molecule has 0 bridgehead atoms. The lowest BCUT2D eigenvalue weighted by atomic mass is 10.1. The highest BCUT2D eigenvalue weighted by atomic mass is 19.2. The van der Waals surface area contributed by atoms with Gasteiger partial charge in [0, 0.05) is 0 Å². The summed E-state index contributed by atoms with van der Waals surface area (Å²) in [6, 6.07) is 0. The number of nitrogens with zero attached hydrogens (tertiary/aromatic N) is 1. The third-order valence-corrected chi connectivity index (χ3v) is 1.89. The van der Waals surface area contributed by atoms with E-state index in [4.69, 9.17) is 0 Å². The molecule has 2 nitrogen and oxygen atoms in total. The average molecular weight is 235 g/mol. The maximum atomic E-state index is 13.2. The maximum absolute atomic E-state index is 13.2. The third-order valence-electron chi connectivity index (χ3n) is 1.89. The van der Waals surface area contributed by atoms with Crippen LogP contribution in [0.15, 0.2) is 17.0 Å². The van der Waals surface area contributed by atoms with Crippen molar-refractivity contribution >= 4 is 0 Å². The summed E-state index contributed by atoms with van der Waals surface area (Å²) in [6.45, 7) is 0.